The second-order valence-corrected chi connectivity index (χ2v) is 41.9. The molecule has 1 fully saturated rings. The van der Waals surface area contributed by atoms with Crippen LogP contribution in [0, 0.1) is 0 Å². The first-order valence-corrected chi connectivity index (χ1v) is 47.5. The van der Waals surface area contributed by atoms with Gasteiger partial charge in [0.1, 0.15) is 23.0 Å². The fraction of sp³-hybridized carbons (Fsp3) is 0.318. The van der Waals surface area contributed by atoms with Gasteiger partial charge in [0.15, 0.2) is 23.1 Å². The maximum Gasteiger partial charge on any atom is 0.317 e. The molecular weight excluding hydrogens is 1360 g/mol. The fourth-order valence-electron chi connectivity index (χ4n) is 12.9. The quantitative estimate of drug-likeness (QED) is 0.0155. The van der Waals surface area contributed by atoms with Crippen molar-refractivity contribution in [2.45, 2.75) is 153 Å². The molecule has 12 nitrogen and oxygen atoms in total. The first-order valence-electron chi connectivity index (χ1n) is 37.4. The molecule has 9 rings (SSSR count). The van der Waals surface area contributed by atoms with Crippen LogP contribution in [0.5, 0.6) is 23.0 Å². The van der Waals surface area contributed by atoms with Gasteiger partial charge in [-0.15, -0.1) is 0 Å². The Hall–Kier alpha value is -8.69. The highest BCUT2D eigenvalue weighted by molar-refractivity contribution is 6.94. The molecular formula is C88H104O12Si4. The van der Waals surface area contributed by atoms with Crippen LogP contribution in [0.2, 0.25) is 50.4 Å². The predicted molar refractivity (Wildman–Crippen MR) is 431 cm³/mol. The number of ketones is 4. The molecule has 0 unspecified atom stereocenters. The summed E-state index contributed by atoms with van der Waals surface area (Å²) in [6.07, 6.45) is 29.2. The summed E-state index contributed by atoms with van der Waals surface area (Å²) in [5.74, 6) is 2.79. The normalized spacial score (nSPS) is 18.3. The first kappa shape index (κ1) is 79.4. The third kappa shape index (κ3) is 28.4. The van der Waals surface area contributed by atoms with Crippen molar-refractivity contribution in [2.24, 2.45) is 0 Å². The van der Waals surface area contributed by atoms with Gasteiger partial charge in [0.25, 0.3) is 0 Å². The van der Waals surface area contributed by atoms with E-state index in [0.717, 1.165) is 172 Å². The molecule has 8 aromatic carbocycles. The molecule has 0 amide bonds. The van der Waals surface area contributed by atoms with Crippen molar-refractivity contribution in [1.29, 1.82) is 0 Å². The van der Waals surface area contributed by atoms with Crippen molar-refractivity contribution in [3.8, 4) is 23.0 Å². The van der Waals surface area contributed by atoms with Crippen LogP contribution in [-0.2, 0) is 16.5 Å². The minimum atomic E-state index is -2.91. The third-order valence-electron chi connectivity index (χ3n) is 18.4. The number of benzene rings is 8. The largest absolute Gasteiger partial charge is 0.494 e. The minimum Gasteiger partial charge on any atom is -0.494 e. The summed E-state index contributed by atoms with van der Waals surface area (Å²) in [6, 6.07) is 72.2. The van der Waals surface area contributed by atoms with Crippen molar-refractivity contribution >= 4 is 81.7 Å². The van der Waals surface area contributed by atoms with Crippen LogP contribution >= 0.6 is 0 Å². The van der Waals surface area contributed by atoms with Gasteiger partial charge in [-0.1, -0.05) is 223 Å². The van der Waals surface area contributed by atoms with Gasteiger partial charge in [0.05, 0.1) is 26.4 Å². The Labute approximate surface area is 622 Å². The van der Waals surface area contributed by atoms with E-state index in [1.165, 1.54) is 0 Å². The molecule has 0 spiro atoms. The Morgan fingerprint density at radius 3 is 0.625 bits per heavy atom. The number of rotatable bonds is 44. The Kier molecular flexibility index (Phi) is 32.3. The average molecular weight is 1470 g/mol. The second-order valence-electron chi connectivity index (χ2n) is 27.5. The molecule has 0 saturated carbocycles. The molecule has 0 N–H and O–H groups in total. The molecule has 8 aromatic rings. The molecule has 104 heavy (non-hydrogen) atoms. The Morgan fingerprint density at radius 1 is 0.250 bits per heavy atom. The van der Waals surface area contributed by atoms with E-state index in [2.05, 4.69) is 26.2 Å². The topological polar surface area (TPSA) is 142 Å². The van der Waals surface area contributed by atoms with E-state index < -0.39 is 34.2 Å². The summed E-state index contributed by atoms with van der Waals surface area (Å²) >= 11 is 0. The van der Waals surface area contributed by atoms with Gasteiger partial charge in [-0.25, -0.2) is 0 Å². The van der Waals surface area contributed by atoms with E-state index in [4.69, 9.17) is 35.4 Å². The third-order valence-corrected chi connectivity index (χ3v) is 37.2. The molecule has 544 valence electrons. The van der Waals surface area contributed by atoms with Crippen LogP contribution in [0.1, 0.15) is 166 Å². The lowest BCUT2D eigenvalue weighted by atomic mass is 10.1. The van der Waals surface area contributed by atoms with E-state index >= 15 is 0 Å². The van der Waals surface area contributed by atoms with E-state index in [9.17, 15) is 19.2 Å². The monoisotopic (exact) mass is 1460 g/mol. The van der Waals surface area contributed by atoms with Crippen molar-refractivity contribution in [2.75, 3.05) is 26.4 Å². The zero-order valence-electron chi connectivity index (χ0n) is 61.3. The summed E-state index contributed by atoms with van der Waals surface area (Å²) in [6.45, 7) is 11.4. The van der Waals surface area contributed by atoms with Crippen molar-refractivity contribution < 1.29 is 54.6 Å². The van der Waals surface area contributed by atoms with Crippen LogP contribution in [-0.4, -0.2) is 83.8 Å². The summed E-state index contributed by atoms with van der Waals surface area (Å²) in [5.41, 5.74) is 6.40. The van der Waals surface area contributed by atoms with Crippen LogP contribution < -0.4 is 18.9 Å². The summed E-state index contributed by atoms with van der Waals surface area (Å²) in [5, 5.41) is 0. The van der Waals surface area contributed by atoms with Crippen molar-refractivity contribution in [1.82, 2.24) is 0 Å². The minimum absolute atomic E-state index is 0.0494. The van der Waals surface area contributed by atoms with E-state index in [-0.39, 0.29) is 23.1 Å². The van der Waals surface area contributed by atoms with Gasteiger partial charge in [-0.3, -0.25) is 19.2 Å². The number of allylic oxidation sites excluding steroid dienone is 4. The lowest BCUT2D eigenvalue weighted by Gasteiger charge is -2.50. The Morgan fingerprint density at radius 2 is 0.433 bits per heavy atom. The maximum atomic E-state index is 12.9. The molecule has 0 atom stereocenters. The number of carbonyl (C=O) groups excluding carboxylic acids is 4. The predicted octanol–water partition coefficient (Wildman–Crippen LogP) is 22.5. The molecule has 16 heteroatoms. The van der Waals surface area contributed by atoms with Gasteiger partial charge >= 0.3 is 34.2 Å². The van der Waals surface area contributed by atoms with Gasteiger partial charge in [-0.05, 0) is 220 Å². The molecule has 1 heterocycles. The summed E-state index contributed by atoms with van der Waals surface area (Å²) in [4.78, 5) is 51.6. The van der Waals surface area contributed by atoms with E-state index in [0.29, 0.717) is 48.7 Å². The molecule has 0 radical (unpaired) electrons. The lowest BCUT2D eigenvalue weighted by molar-refractivity contribution is 0.103. The van der Waals surface area contributed by atoms with E-state index in [1.54, 1.807) is 24.3 Å². The molecule has 0 bridgehead atoms. The highest BCUT2D eigenvalue weighted by atomic mass is 28.5. The van der Waals surface area contributed by atoms with Crippen LogP contribution in [0.15, 0.2) is 243 Å². The number of ether oxygens (including phenoxy) is 4. The smallest absolute Gasteiger partial charge is 0.317 e. The summed E-state index contributed by atoms with van der Waals surface area (Å²) in [7, 11) is -11.7. The van der Waals surface area contributed by atoms with Crippen LogP contribution in [0.25, 0.3) is 24.3 Å². The number of unbranched alkanes of at least 4 members (excludes halogenated alkanes) is 12. The fourth-order valence-corrected chi connectivity index (χ4v) is 36.5. The highest BCUT2D eigenvalue weighted by Crippen LogP contribution is 2.40. The SMILES string of the molecule is C[Si]1(CCCCCCOc2ccc(C(=O)C=Cc3ccccc3)cc2)O[Si](C)(CCCCCCOc2ccc(C(=O)C=Cc3ccccc3)cc2)O[Si](C)(CCCCCCOc2ccc(C(=O)C=Cc3ccccc3)cc2)O[Si](C)(CCCCCCOc2ccc(C(=O)C=Cc3ccccc3)cc2)O1. The lowest BCUT2D eigenvalue weighted by Crippen LogP contribution is -2.67. The van der Waals surface area contributed by atoms with Crippen LogP contribution in [0.4, 0.5) is 0 Å². The molecule has 0 aliphatic carbocycles. The van der Waals surface area contributed by atoms with Crippen molar-refractivity contribution in [3.05, 3.63) is 287 Å². The highest BCUT2D eigenvalue weighted by Gasteiger charge is 2.56. The second kappa shape index (κ2) is 42.3. The molecule has 0 aromatic heterocycles. The molecule has 1 aliphatic rings. The average Bonchev–Trinajstić information content (AvgIpc) is 0.766. The summed E-state index contributed by atoms with van der Waals surface area (Å²) < 4.78 is 55.5. The maximum absolute atomic E-state index is 12.9. The van der Waals surface area contributed by atoms with Gasteiger partial charge < -0.3 is 35.4 Å². The molecule has 1 saturated heterocycles. The van der Waals surface area contributed by atoms with Gasteiger partial charge in [-0.2, -0.15) is 0 Å². The van der Waals surface area contributed by atoms with Crippen LogP contribution in [0.3, 0.4) is 0 Å². The zero-order valence-corrected chi connectivity index (χ0v) is 65.3. The van der Waals surface area contributed by atoms with Gasteiger partial charge in [0.2, 0.25) is 0 Å². The molecule has 1 aliphatic heterocycles. The first-order chi connectivity index (χ1) is 50.6. The van der Waals surface area contributed by atoms with Gasteiger partial charge in [0, 0.05) is 22.3 Å². The van der Waals surface area contributed by atoms with E-state index in [1.807, 2.05) is 243 Å². The standard InChI is InChI=1S/C88H104O12Si4/c1-101(69-29-9-5-25-65-93-81-53-45-77(46-54-81)85(89)61-41-73-33-17-13-18-34-73)97-102(2,70-30-10-6-26-66-94-82-55-47-78(48-56-82)86(90)62-42-74-35-19-14-20-36-74)99-104(4,72-32-12-8-28-68-96-84-59-51-80(52-60-84)88(92)64-44-76-39-23-16-24-40-76)100-103(3,98-101)71-31-11-7-27-67-95-83-57-49-79(50-58-83)87(91)63-43-75-37-21-15-22-38-75/h13-24,33-64H,5-12,25-32,65-72H2,1-4H3. The Bertz CT molecular complexity index is 3470. The number of hydrogen-bond acceptors (Lipinski definition) is 12. The zero-order chi connectivity index (χ0) is 73.0. The number of hydrogen-bond donors (Lipinski definition) is 0. The Balaban J connectivity index is 0.800. The number of carbonyl (C=O) groups is 4. The van der Waals surface area contributed by atoms with Crippen molar-refractivity contribution in [3.63, 3.8) is 0 Å².